The van der Waals surface area contributed by atoms with Crippen molar-refractivity contribution < 1.29 is 9.59 Å². The van der Waals surface area contributed by atoms with E-state index in [1.807, 2.05) is 38.1 Å². The van der Waals surface area contributed by atoms with Crippen LogP contribution in [-0.2, 0) is 4.79 Å². The van der Waals surface area contributed by atoms with E-state index in [2.05, 4.69) is 15.6 Å². The van der Waals surface area contributed by atoms with Crippen molar-refractivity contribution in [3.05, 3.63) is 41.6 Å². The Hall–Kier alpha value is -3.02. The van der Waals surface area contributed by atoms with E-state index in [0.29, 0.717) is 29.0 Å². The number of anilines is 2. The molecule has 0 bridgehead atoms. The summed E-state index contributed by atoms with van der Waals surface area (Å²) < 4.78 is 0. The van der Waals surface area contributed by atoms with Crippen molar-refractivity contribution in [2.24, 2.45) is 5.92 Å². The second-order valence-electron chi connectivity index (χ2n) is 8.24. The summed E-state index contributed by atoms with van der Waals surface area (Å²) in [4.78, 5) is 27.5. The fraction of sp³-hybridized carbons (Fsp3) is 0.417. The number of nitrogens with one attached hydrogen (secondary N) is 3. The van der Waals surface area contributed by atoms with Crippen LogP contribution in [0.25, 0.3) is 11.1 Å². The summed E-state index contributed by atoms with van der Waals surface area (Å²) in [6.45, 7) is 5.45. The van der Waals surface area contributed by atoms with Crippen LogP contribution >= 0.6 is 0 Å². The summed E-state index contributed by atoms with van der Waals surface area (Å²) in [6.07, 6.45) is 6.51. The maximum Gasteiger partial charge on any atom is 0.221 e. The number of rotatable bonds is 7. The number of benzene rings is 1. The van der Waals surface area contributed by atoms with Gasteiger partial charge in [0.05, 0.1) is 0 Å². The lowest BCUT2D eigenvalue weighted by molar-refractivity contribution is -0.114. The molecule has 0 saturated heterocycles. The lowest BCUT2D eigenvalue weighted by atomic mass is 9.90. The largest absolute Gasteiger partial charge is 0.367 e. The van der Waals surface area contributed by atoms with Crippen molar-refractivity contribution >= 4 is 29.4 Å². The number of amides is 1. The molecule has 0 radical (unpaired) electrons. The number of carbonyl (C=O) groups is 2. The summed E-state index contributed by atoms with van der Waals surface area (Å²) in [6, 6.07) is 9.51. The van der Waals surface area contributed by atoms with Gasteiger partial charge in [-0.05, 0) is 48.1 Å². The summed E-state index contributed by atoms with van der Waals surface area (Å²) in [5.41, 5.74) is 3.96. The molecule has 0 aliphatic heterocycles. The van der Waals surface area contributed by atoms with Gasteiger partial charge in [0.2, 0.25) is 5.91 Å². The van der Waals surface area contributed by atoms with Crippen LogP contribution in [0.3, 0.4) is 0 Å². The van der Waals surface area contributed by atoms with Gasteiger partial charge in [-0.25, -0.2) is 4.98 Å². The Labute approximate surface area is 178 Å². The first-order valence-corrected chi connectivity index (χ1v) is 10.6. The van der Waals surface area contributed by atoms with Crippen molar-refractivity contribution in [3.8, 4) is 11.1 Å². The second kappa shape index (κ2) is 9.65. The minimum Gasteiger partial charge on any atom is -0.367 e. The zero-order valence-electron chi connectivity index (χ0n) is 17.9. The highest BCUT2D eigenvalue weighted by Gasteiger charge is 2.23. The first-order chi connectivity index (χ1) is 14.4. The van der Waals surface area contributed by atoms with Gasteiger partial charge in [0, 0.05) is 29.9 Å². The number of carbonyl (C=O) groups excluding carboxylic acids is 2. The van der Waals surface area contributed by atoms with Crippen LogP contribution in [0.2, 0.25) is 0 Å². The lowest BCUT2D eigenvalue weighted by Crippen LogP contribution is -2.25. The van der Waals surface area contributed by atoms with Crippen LogP contribution < -0.4 is 10.6 Å². The highest BCUT2D eigenvalue weighted by molar-refractivity contribution is 6.09. The molecule has 2 aromatic rings. The molecule has 1 aliphatic carbocycles. The van der Waals surface area contributed by atoms with Crippen LogP contribution in [0.15, 0.2) is 30.3 Å². The van der Waals surface area contributed by atoms with Gasteiger partial charge in [-0.3, -0.25) is 9.59 Å². The van der Waals surface area contributed by atoms with Crippen LogP contribution in [0.5, 0.6) is 0 Å². The number of pyridine rings is 1. The molecule has 1 saturated carbocycles. The molecule has 6 nitrogen and oxygen atoms in total. The van der Waals surface area contributed by atoms with Crippen LogP contribution in [0, 0.1) is 11.3 Å². The predicted molar refractivity (Wildman–Crippen MR) is 122 cm³/mol. The predicted octanol–water partition coefficient (Wildman–Crippen LogP) is 5.29. The van der Waals surface area contributed by atoms with Gasteiger partial charge in [-0.1, -0.05) is 45.2 Å². The molecular weight excluding hydrogens is 376 g/mol. The molecule has 0 unspecified atom stereocenters. The van der Waals surface area contributed by atoms with E-state index >= 15 is 0 Å². The Kier molecular flexibility index (Phi) is 6.98. The van der Waals surface area contributed by atoms with Crippen LogP contribution in [-0.4, -0.2) is 28.9 Å². The van der Waals surface area contributed by atoms with E-state index < -0.39 is 0 Å². The smallest absolute Gasteiger partial charge is 0.221 e. The third kappa shape index (κ3) is 5.12. The average molecular weight is 407 g/mol. The number of hydrogen-bond acceptors (Lipinski definition) is 5. The van der Waals surface area contributed by atoms with E-state index in [-0.39, 0.29) is 11.8 Å². The molecule has 1 amide bonds. The Morgan fingerprint density at radius 2 is 1.83 bits per heavy atom. The summed E-state index contributed by atoms with van der Waals surface area (Å²) in [5.74, 6) is 0.500. The molecule has 1 aromatic heterocycles. The molecule has 1 heterocycles. The highest BCUT2D eigenvalue weighted by atomic mass is 16.1. The normalized spacial score (nSPS) is 14.4. The maximum absolute atomic E-state index is 11.6. The topological polar surface area (TPSA) is 94.9 Å². The number of aldehydes is 1. The van der Waals surface area contributed by atoms with Crippen molar-refractivity contribution in [1.29, 1.82) is 5.41 Å². The molecule has 158 valence electrons. The van der Waals surface area contributed by atoms with Gasteiger partial charge in [0.1, 0.15) is 11.5 Å². The molecule has 1 aromatic carbocycles. The van der Waals surface area contributed by atoms with Gasteiger partial charge < -0.3 is 16.0 Å². The Bertz CT molecular complexity index is 929. The lowest BCUT2D eigenvalue weighted by Gasteiger charge is -2.26. The van der Waals surface area contributed by atoms with Gasteiger partial charge in [-0.15, -0.1) is 0 Å². The molecule has 0 atom stereocenters. The van der Waals surface area contributed by atoms with Crippen molar-refractivity contribution in [2.45, 2.75) is 58.9 Å². The Morgan fingerprint density at radius 1 is 1.17 bits per heavy atom. The molecule has 1 fully saturated rings. The number of aromatic nitrogens is 1. The molecule has 30 heavy (non-hydrogen) atoms. The minimum absolute atomic E-state index is 0.0122. The molecule has 3 N–H and O–H groups in total. The second-order valence-corrected chi connectivity index (χ2v) is 8.24. The van der Waals surface area contributed by atoms with Crippen molar-refractivity contribution in [1.82, 2.24) is 4.98 Å². The summed E-state index contributed by atoms with van der Waals surface area (Å²) in [7, 11) is 0. The SMILES string of the molecule is CC(=O)Nc1ccc(-c2cc(C=O)nc(NC3CCCCC3)c2C(=N)C(C)C)cc1. The molecule has 0 spiro atoms. The van der Waals surface area contributed by atoms with E-state index in [0.717, 1.165) is 35.8 Å². The van der Waals surface area contributed by atoms with E-state index in [4.69, 9.17) is 5.41 Å². The van der Waals surface area contributed by atoms with Gasteiger partial charge >= 0.3 is 0 Å². The van der Waals surface area contributed by atoms with E-state index in [1.54, 1.807) is 6.07 Å². The van der Waals surface area contributed by atoms with Crippen LogP contribution in [0.4, 0.5) is 11.5 Å². The molecular formula is C24H30N4O2. The third-order valence-corrected chi connectivity index (χ3v) is 5.47. The van der Waals surface area contributed by atoms with Gasteiger partial charge in [-0.2, -0.15) is 0 Å². The zero-order chi connectivity index (χ0) is 21.7. The van der Waals surface area contributed by atoms with Gasteiger partial charge in [0.15, 0.2) is 6.29 Å². The van der Waals surface area contributed by atoms with Gasteiger partial charge in [0.25, 0.3) is 0 Å². The van der Waals surface area contributed by atoms with Crippen molar-refractivity contribution in [3.63, 3.8) is 0 Å². The van der Waals surface area contributed by atoms with E-state index in [9.17, 15) is 9.59 Å². The number of nitrogens with zero attached hydrogens (tertiary/aromatic N) is 1. The average Bonchev–Trinajstić information content (AvgIpc) is 2.73. The molecule has 3 rings (SSSR count). The van der Waals surface area contributed by atoms with E-state index in [1.165, 1.54) is 26.2 Å². The molecule has 6 heteroatoms. The maximum atomic E-state index is 11.6. The number of hydrogen-bond donors (Lipinski definition) is 3. The fourth-order valence-corrected chi connectivity index (χ4v) is 3.90. The Morgan fingerprint density at radius 3 is 2.40 bits per heavy atom. The summed E-state index contributed by atoms with van der Waals surface area (Å²) >= 11 is 0. The molecule has 1 aliphatic rings. The first kappa shape index (κ1) is 21.7. The van der Waals surface area contributed by atoms with Crippen molar-refractivity contribution in [2.75, 3.05) is 10.6 Å². The standard InChI is InChI=1S/C24H30N4O2/c1-15(2)23(25)22-21(17-9-11-19(12-10-17)26-16(3)30)13-20(14-29)28-24(22)27-18-7-5-4-6-8-18/h9-15,18,25H,4-8H2,1-3H3,(H,26,30)(H,27,28). The third-order valence-electron chi connectivity index (χ3n) is 5.47. The highest BCUT2D eigenvalue weighted by Crippen LogP contribution is 2.33. The minimum atomic E-state index is -0.129. The quantitative estimate of drug-likeness (QED) is 0.430. The monoisotopic (exact) mass is 406 g/mol. The first-order valence-electron chi connectivity index (χ1n) is 10.6. The van der Waals surface area contributed by atoms with Crippen LogP contribution in [0.1, 0.15) is 68.9 Å². The summed E-state index contributed by atoms with van der Waals surface area (Å²) in [5, 5.41) is 15.1. The zero-order valence-corrected chi connectivity index (χ0v) is 17.9. The fourth-order valence-electron chi connectivity index (χ4n) is 3.90. The Balaban J connectivity index is 2.09.